The zero-order chi connectivity index (χ0) is 29.2. The summed E-state index contributed by atoms with van der Waals surface area (Å²) in [6, 6.07) is 0. The van der Waals surface area contributed by atoms with Gasteiger partial charge in [0.25, 0.3) is 0 Å². The Morgan fingerprint density at radius 1 is 1.05 bits per heavy atom. The Kier molecular flexibility index (Phi) is 10.9. The molecule has 2 rings (SSSR count). The van der Waals surface area contributed by atoms with Crippen LogP contribution in [0.25, 0.3) is 0 Å². The lowest BCUT2D eigenvalue weighted by atomic mass is 9.70. The molecule has 0 amide bonds. The quantitative estimate of drug-likeness (QED) is 0.365. The average Bonchev–Trinajstić information content (AvgIpc) is 2.85. The van der Waals surface area contributed by atoms with Crippen LogP contribution < -0.4 is 0 Å². The zero-order valence-electron chi connectivity index (χ0n) is 25.5. The second-order valence-electron chi connectivity index (χ2n) is 12.8. The summed E-state index contributed by atoms with van der Waals surface area (Å²) in [7, 11) is 0. The summed E-state index contributed by atoms with van der Waals surface area (Å²) in [5.74, 6) is -2.58. The Hall–Kier alpha value is -1.57. The number of allylic oxidation sites excluding steroid dienone is 1. The number of ether oxygens (including phenoxy) is 3. The van der Waals surface area contributed by atoms with E-state index >= 15 is 0 Å². The molecule has 0 aliphatic carbocycles. The van der Waals surface area contributed by atoms with Crippen LogP contribution in [0.1, 0.15) is 102 Å². The van der Waals surface area contributed by atoms with E-state index in [0.29, 0.717) is 24.3 Å². The molecule has 10 atom stereocenters. The molecule has 0 aromatic rings. The summed E-state index contributed by atoms with van der Waals surface area (Å²) in [4.78, 5) is 40.4. The fourth-order valence-electron chi connectivity index (χ4n) is 6.39. The van der Waals surface area contributed by atoms with Crippen LogP contribution in [0, 0.1) is 35.0 Å². The molecule has 0 aromatic carbocycles. The molecular weight excluding hydrogens is 484 g/mol. The number of Topliss-reactive ketones (excluding diaryl/α,β-unsaturated/α-hetero) is 2. The van der Waals surface area contributed by atoms with Gasteiger partial charge in [0.05, 0.1) is 12.2 Å². The molecule has 2 heterocycles. The minimum Gasteiger partial charge on any atom is -0.458 e. The number of carbonyl (C=O) groups is 3. The average molecular weight is 537 g/mol. The van der Waals surface area contributed by atoms with Crippen LogP contribution in [0.4, 0.5) is 0 Å². The first-order valence-electron chi connectivity index (χ1n) is 14.5. The highest BCUT2D eigenvalue weighted by Gasteiger charge is 2.46. The van der Waals surface area contributed by atoms with E-state index in [2.05, 4.69) is 13.8 Å². The maximum atomic E-state index is 13.7. The Morgan fingerprint density at radius 3 is 2.21 bits per heavy atom. The summed E-state index contributed by atoms with van der Waals surface area (Å²) >= 11 is 0. The fraction of sp³-hybridized carbons (Fsp3) is 0.839. The molecule has 1 fully saturated rings. The van der Waals surface area contributed by atoms with Crippen molar-refractivity contribution in [3.05, 3.63) is 11.6 Å². The van der Waals surface area contributed by atoms with E-state index in [0.717, 1.165) is 6.42 Å². The molecule has 2 aliphatic rings. The predicted molar refractivity (Wildman–Crippen MR) is 147 cm³/mol. The van der Waals surface area contributed by atoms with Gasteiger partial charge in [0.1, 0.15) is 17.6 Å². The predicted octanol–water partition coefficient (Wildman–Crippen LogP) is 5.66. The standard InChI is InChI=1S/C31H52O7/c1-12-24-31(35,13-2)16-19(5)25(32)18(4)15-30(10,11)27(22(8)26(33)23(9)28(34)37-24)38-29-21(7)17(3)14-20(6)36-29/h16-18,20-24,27,29,35H,12-15H2,1-11H3/b19-16+/t17-,18+,20+,21+,22-,23+,24+,27+,29?,31-/m0/s1. The van der Waals surface area contributed by atoms with E-state index in [1.807, 2.05) is 34.6 Å². The smallest absolute Gasteiger partial charge is 0.316 e. The molecular formula is C31H52O7. The first-order chi connectivity index (χ1) is 17.5. The van der Waals surface area contributed by atoms with Crippen molar-refractivity contribution in [2.75, 3.05) is 0 Å². The van der Waals surface area contributed by atoms with Gasteiger partial charge < -0.3 is 19.3 Å². The largest absolute Gasteiger partial charge is 0.458 e. The van der Waals surface area contributed by atoms with Crippen LogP contribution in [0.5, 0.6) is 0 Å². The van der Waals surface area contributed by atoms with Crippen molar-refractivity contribution in [2.24, 2.45) is 35.0 Å². The highest BCUT2D eigenvalue weighted by Crippen LogP contribution is 2.41. The van der Waals surface area contributed by atoms with E-state index < -0.39 is 47.3 Å². The summed E-state index contributed by atoms with van der Waals surface area (Å²) < 4.78 is 18.6. The lowest BCUT2D eigenvalue weighted by Crippen LogP contribution is -2.50. The topological polar surface area (TPSA) is 99.1 Å². The van der Waals surface area contributed by atoms with Gasteiger partial charge in [-0.3, -0.25) is 14.4 Å². The van der Waals surface area contributed by atoms with Gasteiger partial charge in [-0.25, -0.2) is 0 Å². The first-order valence-corrected chi connectivity index (χ1v) is 14.5. The van der Waals surface area contributed by atoms with E-state index in [-0.39, 0.29) is 35.9 Å². The highest BCUT2D eigenvalue weighted by atomic mass is 16.7. The number of hydrogen-bond acceptors (Lipinski definition) is 7. The molecule has 0 aromatic heterocycles. The van der Waals surface area contributed by atoms with Gasteiger partial charge in [0.2, 0.25) is 0 Å². The summed E-state index contributed by atoms with van der Waals surface area (Å²) in [6.07, 6.45) is 1.60. The van der Waals surface area contributed by atoms with E-state index in [1.54, 1.807) is 27.7 Å². The Morgan fingerprint density at radius 2 is 1.66 bits per heavy atom. The van der Waals surface area contributed by atoms with Crippen LogP contribution in [-0.4, -0.2) is 52.8 Å². The lowest BCUT2D eigenvalue weighted by molar-refractivity contribution is -0.267. The van der Waals surface area contributed by atoms with Crippen LogP contribution in [-0.2, 0) is 28.6 Å². The molecule has 218 valence electrons. The number of cyclic esters (lactones) is 1. The van der Waals surface area contributed by atoms with Crippen molar-refractivity contribution in [2.45, 2.75) is 132 Å². The first kappa shape index (κ1) is 32.6. The number of aliphatic hydroxyl groups is 1. The van der Waals surface area contributed by atoms with Gasteiger partial charge in [-0.15, -0.1) is 0 Å². The molecule has 7 heteroatoms. The van der Waals surface area contributed by atoms with Crippen molar-refractivity contribution in [3.63, 3.8) is 0 Å². The third kappa shape index (κ3) is 7.14. The molecule has 0 radical (unpaired) electrons. The second-order valence-corrected chi connectivity index (χ2v) is 12.8. The number of ketones is 2. The minimum atomic E-state index is -1.51. The van der Waals surface area contributed by atoms with Gasteiger partial charge in [-0.05, 0) is 69.4 Å². The SMILES string of the molecule is CC[C@H]1OC(=O)[C@H](C)C(=O)[C@H](C)[C@@H](OC2O[C@H](C)C[C@H](C)[C@H]2C)C(C)(C)C[C@@H](C)C(=O)/C(C)=C/[C@@]1(O)CC. The molecule has 1 saturated heterocycles. The highest BCUT2D eigenvalue weighted by molar-refractivity contribution is 6.00. The van der Waals surface area contributed by atoms with Crippen LogP contribution in [0.3, 0.4) is 0 Å². The monoisotopic (exact) mass is 536 g/mol. The molecule has 2 aliphatic heterocycles. The van der Waals surface area contributed by atoms with Crippen molar-refractivity contribution < 1.29 is 33.7 Å². The zero-order valence-corrected chi connectivity index (χ0v) is 25.5. The third-order valence-electron chi connectivity index (χ3n) is 9.02. The Labute approximate surface area is 230 Å². The molecule has 38 heavy (non-hydrogen) atoms. The number of carbonyl (C=O) groups excluding carboxylic acids is 3. The number of rotatable bonds is 4. The number of esters is 1. The van der Waals surface area contributed by atoms with Crippen LogP contribution in [0.15, 0.2) is 11.6 Å². The molecule has 0 bridgehead atoms. The molecule has 0 spiro atoms. The van der Waals surface area contributed by atoms with Gasteiger partial charge >= 0.3 is 5.97 Å². The maximum Gasteiger partial charge on any atom is 0.316 e. The molecule has 0 saturated carbocycles. The van der Waals surface area contributed by atoms with Gasteiger partial charge in [-0.2, -0.15) is 0 Å². The van der Waals surface area contributed by atoms with Crippen LogP contribution >= 0.6 is 0 Å². The normalized spacial score (nSPS) is 43.1. The van der Waals surface area contributed by atoms with Crippen LogP contribution in [0.2, 0.25) is 0 Å². The molecule has 1 unspecified atom stereocenters. The van der Waals surface area contributed by atoms with Gasteiger partial charge in [0.15, 0.2) is 17.9 Å². The number of hydrogen-bond donors (Lipinski definition) is 1. The van der Waals surface area contributed by atoms with Crippen molar-refractivity contribution in [1.82, 2.24) is 0 Å². The summed E-state index contributed by atoms with van der Waals surface area (Å²) in [5.41, 5.74) is -1.67. The third-order valence-corrected chi connectivity index (χ3v) is 9.02. The Balaban J connectivity index is 2.57. The maximum absolute atomic E-state index is 13.7. The minimum absolute atomic E-state index is 0.0318. The van der Waals surface area contributed by atoms with E-state index in [1.165, 1.54) is 6.08 Å². The lowest BCUT2D eigenvalue weighted by Gasteiger charge is -2.45. The van der Waals surface area contributed by atoms with E-state index in [9.17, 15) is 19.5 Å². The van der Waals surface area contributed by atoms with Gasteiger partial charge in [0, 0.05) is 17.8 Å². The van der Waals surface area contributed by atoms with Gasteiger partial charge in [-0.1, -0.05) is 55.4 Å². The summed E-state index contributed by atoms with van der Waals surface area (Å²) in [5, 5.41) is 11.4. The molecule has 1 N–H and O–H groups in total. The van der Waals surface area contributed by atoms with Crippen molar-refractivity contribution in [3.8, 4) is 0 Å². The Bertz CT molecular complexity index is 893. The van der Waals surface area contributed by atoms with E-state index in [4.69, 9.17) is 14.2 Å². The summed E-state index contributed by atoms with van der Waals surface area (Å²) in [6.45, 7) is 20.9. The fourth-order valence-corrected chi connectivity index (χ4v) is 6.39. The second kappa shape index (κ2) is 12.7. The molecule has 7 nitrogen and oxygen atoms in total. The van der Waals surface area contributed by atoms with Crippen molar-refractivity contribution >= 4 is 17.5 Å². The van der Waals surface area contributed by atoms with Crippen molar-refractivity contribution in [1.29, 1.82) is 0 Å².